The third-order valence-corrected chi connectivity index (χ3v) is 6.42. The van der Waals surface area contributed by atoms with Gasteiger partial charge in [-0.15, -0.1) is 0 Å². The van der Waals surface area contributed by atoms with Crippen LogP contribution in [-0.2, 0) is 17.8 Å². The summed E-state index contributed by atoms with van der Waals surface area (Å²) >= 11 is 6.79. The summed E-state index contributed by atoms with van der Waals surface area (Å²) in [5.41, 5.74) is 3.93. The lowest BCUT2D eigenvalue weighted by Crippen LogP contribution is -2.27. The third-order valence-electron chi connectivity index (χ3n) is 5.12. The molecular formula is C26H23NO3S2. The number of aryl methyl sites for hydroxylation is 1. The average Bonchev–Trinajstić information content (AvgIpc) is 3.11. The highest BCUT2D eigenvalue weighted by Gasteiger charge is 2.33. The van der Waals surface area contributed by atoms with E-state index in [1.807, 2.05) is 78.9 Å². The number of carbonyl (C=O) groups excluding carboxylic acids is 1. The van der Waals surface area contributed by atoms with Crippen LogP contribution in [-0.4, -0.2) is 17.3 Å². The largest absolute Gasteiger partial charge is 0.493 e. The van der Waals surface area contributed by atoms with Crippen LogP contribution in [0.3, 0.4) is 0 Å². The van der Waals surface area contributed by atoms with E-state index in [-0.39, 0.29) is 5.91 Å². The fourth-order valence-electron chi connectivity index (χ4n) is 3.35. The molecule has 4 rings (SSSR count). The van der Waals surface area contributed by atoms with Gasteiger partial charge in [-0.1, -0.05) is 79.4 Å². The number of benzene rings is 3. The Kier molecular flexibility index (Phi) is 6.93. The standard InChI is InChI=1S/C26H23NO3S2/c1-3-18-9-12-21(13-10-18)27-25(28)24(32-26(27)31)16-20-11-14-22(23(15-20)29-2)30-17-19-7-5-4-6-8-19/h4-16H,3,17H2,1-2H3/b24-16-. The first-order chi connectivity index (χ1) is 15.6. The number of anilines is 1. The lowest BCUT2D eigenvalue weighted by molar-refractivity contribution is -0.113. The van der Waals surface area contributed by atoms with Gasteiger partial charge in [0.15, 0.2) is 15.8 Å². The highest BCUT2D eigenvalue weighted by molar-refractivity contribution is 8.27. The third kappa shape index (κ3) is 4.87. The molecule has 1 aliphatic rings. The van der Waals surface area contributed by atoms with Crippen molar-refractivity contribution in [3.05, 3.63) is 94.4 Å². The minimum absolute atomic E-state index is 0.118. The fraction of sp³-hybridized carbons (Fsp3) is 0.154. The summed E-state index contributed by atoms with van der Waals surface area (Å²) in [6.45, 7) is 2.55. The zero-order chi connectivity index (χ0) is 22.5. The molecule has 3 aromatic rings. The van der Waals surface area contributed by atoms with Gasteiger partial charge in [0.1, 0.15) is 6.61 Å². The Morgan fingerprint density at radius 1 is 0.969 bits per heavy atom. The smallest absolute Gasteiger partial charge is 0.270 e. The van der Waals surface area contributed by atoms with Crippen molar-refractivity contribution in [1.29, 1.82) is 0 Å². The van der Waals surface area contributed by atoms with Gasteiger partial charge in [0.25, 0.3) is 5.91 Å². The number of rotatable bonds is 7. The highest BCUT2D eigenvalue weighted by Crippen LogP contribution is 2.37. The molecule has 4 nitrogen and oxygen atoms in total. The lowest BCUT2D eigenvalue weighted by atomic mass is 10.1. The minimum atomic E-state index is -0.118. The topological polar surface area (TPSA) is 38.8 Å². The number of thiocarbonyl (C=S) groups is 1. The van der Waals surface area contributed by atoms with Crippen molar-refractivity contribution in [3.8, 4) is 11.5 Å². The van der Waals surface area contributed by atoms with E-state index < -0.39 is 0 Å². The summed E-state index contributed by atoms with van der Waals surface area (Å²) in [5, 5.41) is 0. The van der Waals surface area contributed by atoms with Crippen LogP contribution in [0, 0.1) is 0 Å². The Bertz CT molecular complexity index is 1160. The number of nitrogens with zero attached hydrogens (tertiary/aromatic N) is 1. The second kappa shape index (κ2) is 10.0. The van der Waals surface area contributed by atoms with Crippen LogP contribution in [0.5, 0.6) is 11.5 Å². The quantitative estimate of drug-likeness (QED) is 0.307. The van der Waals surface area contributed by atoms with Crippen LogP contribution in [0.25, 0.3) is 6.08 Å². The molecule has 32 heavy (non-hydrogen) atoms. The van der Waals surface area contributed by atoms with E-state index in [1.165, 1.54) is 17.3 Å². The second-order valence-corrected chi connectivity index (χ2v) is 8.90. The fourth-order valence-corrected chi connectivity index (χ4v) is 4.65. The summed E-state index contributed by atoms with van der Waals surface area (Å²) in [5.74, 6) is 1.14. The van der Waals surface area contributed by atoms with Crippen molar-refractivity contribution in [2.75, 3.05) is 12.0 Å². The van der Waals surface area contributed by atoms with E-state index >= 15 is 0 Å². The van der Waals surface area contributed by atoms with Crippen molar-refractivity contribution in [2.45, 2.75) is 20.0 Å². The van der Waals surface area contributed by atoms with E-state index in [0.717, 1.165) is 23.2 Å². The molecule has 0 bridgehead atoms. The number of thioether (sulfide) groups is 1. The first-order valence-electron chi connectivity index (χ1n) is 10.3. The first-order valence-corrected chi connectivity index (χ1v) is 11.5. The predicted octanol–water partition coefficient (Wildman–Crippen LogP) is 6.24. The maximum Gasteiger partial charge on any atom is 0.270 e. The van der Waals surface area contributed by atoms with Gasteiger partial charge in [-0.25, -0.2) is 0 Å². The molecule has 1 fully saturated rings. The Balaban J connectivity index is 1.52. The second-order valence-electron chi connectivity index (χ2n) is 7.22. The summed E-state index contributed by atoms with van der Waals surface area (Å²) in [7, 11) is 1.61. The molecule has 0 saturated carbocycles. The molecule has 0 atom stereocenters. The normalized spacial score (nSPS) is 14.8. The molecule has 0 N–H and O–H groups in total. The number of methoxy groups -OCH3 is 1. The summed E-state index contributed by atoms with van der Waals surface area (Å²) in [6.07, 6.45) is 2.79. The van der Waals surface area contributed by atoms with E-state index in [1.54, 1.807) is 12.0 Å². The van der Waals surface area contributed by atoms with Crippen LogP contribution < -0.4 is 14.4 Å². The number of hydrogen-bond donors (Lipinski definition) is 0. The molecule has 1 saturated heterocycles. The van der Waals surface area contributed by atoms with E-state index in [9.17, 15) is 4.79 Å². The molecule has 1 heterocycles. The Morgan fingerprint density at radius 3 is 2.41 bits per heavy atom. The SMILES string of the molecule is CCc1ccc(N2C(=O)/C(=C/c3ccc(OCc4ccccc4)c(OC)c3)SC2=S)cc1. The van der Waals surface area contributed by atoms with Gasteiger partial charge >= 0.3 is 0 Å². The highest BCUT2D eigenvalue weighted by atomic mass is 32.2. The molecular weight excluding hydrogens is 438 g/mol. The van der Waals surface area contributed by atoms with E-state index in [0.29, 0.717) is 27.3 Å². The molecule has 1 aliphatic heterocycles. The molecule has 0 spiro atoms. The summed E-state index contributed by atoms with van der Waals surface area (Å²) in [6, 6.07) is 23.5. The van der Waals surface area contributed by atoms with Gasteiger partial charge in [-0.05, 0) is 53.5 Å². The van der Waals surface area contributed by atoms with E-state index in [4.69, 9.17) is 21.7 Å². The lowest BCUT2D eigenvalue weighted by Gasteiger charge is -2.14. The Morgan fingerprint density at radius 2 is 1.72 bits per heavy atom. The van der Waals surface area contributed by atoms with Crippen molar-refractivity contribution in [3.63, 3.8) is 0 Å². The van der Waals surface area contributed by atoms with Crippen LogP contribution in [0.1, 0.15) is 23.6 Å². The van der Waals surface area contributed by atoms with E-state index in [2.05, 4.69) is 6.92 Å². The van der Waals surface area contributed by atoms with Crippen molar-refractivity contribution in [2.24, 2.45) is 0 Å². The van der Waals surface area contributed by atoms with Gasteiger partial charge in [0, 0.05) is 0 Å². The van der Waals surface area contributed by atoms with Crippen LogP contribution >= 0.6 is 24.0 Å². The molecule has 0 unspecified atom stereocenters. The molecule has 0 aliphatic carbocycles. The van der Waals surface area contributed by atoms with Gasteiger partial charge in [-0.2, -0.15) is 0 Å². The van der Waals surface area contributed by atoms with Crippen molar-refractivity contribution >= 4 is 46.0 Å². The molecule has 3 aromatic carbocycles. The van der Waals surface area contributed by atoms with Crippen molar-refractivity contribution < 1.29 is 14.3 Å². The summed E-state index contributed by atoms with van der Waals surface area (Å²) in [4.78, 5) is 15.2. The number of hydrogen-bond acceptors (Lipinski definition) is 5. The number of carbonyl (C=O) groups is 1. The number of amides is 1. The van der Waals surface area contributed by atoms with Crippen LogP contribution in [0.15, 0.2) is 77.7 Å². The van der Waals surface area contributed by atoms with Crippen LogP contribution in [0.2, 0.25) is 0 Å². The predicted molar refractivity (Wildman–Crippen MR) is 135 cm³/mol. The molecule has 1 amide bonds. The van der Waals surface area contributed by atoms with Gasteiger partial charge in [0.2, 0.25) is 0 Å². The average molecular weight is 462 g/mol. The minimum Gasteiger partial charge on any atom is -0.493 e. The molecule has 0 aromatic heterocycles. The Hall–Kier alpha value is -3.09. The summed E-state index contributed by atoms with van der Waals surface area (Å²) < 4.78 is 12.0. The maximum atomic E-state index is 13.0. The zero-order valence-electron chi connectivity index (χ0n) is 17.9. The molecule has 0 radical (unpaired) electrons. The number of ether oxygens (including phenoxy) is 2. The van der Waals surface area contributed by atoms with Gasteiger partial charge in [-0.3, -0.25) is 9.69 Å². The Labute approximate surface area is 197 Å². The van der Waals surface area contributed by atoms with Gasteiger partial charge in [0.05, 0.1) is 17.7 Å². The molecule has 6 heteroatoms. The first kappa shape index (κ1) is 22.1. The van der Waals surface area contributed by atoms with Crippen LogP contribution in [0.4, 0.5) is 5.69 Å². The maximum absolute atomic E-state index is 13.0. The zero-order valence-corrected chi connectivity index (χ0v) is 19.5. The van der Waals surface area contributed by atoms with Crippen molar-refractivity contribution in [1.82, 2.24) is 0 Å². The monoisotopic (exact) mass is 461 g/mol. The van der Waals surface area contributed by atoms with Gasteiger partial charge < -0.3 is 9.47 Å². The molecule has 162 valence electrons.